The molecule has 4 heteroatoms. The van der Waals surface area contributed by atoms with Gasteiger partial charge >= 0.3 is 6.03 Å². The second-order valence-electron chi connectivity index (χ2n) is 4.74. The van der Waals surface area contributed by atoms with Crippen LogP contribution in [0.15, 0.2) is 0 Å². The van der Waals surface area contributed by atoms with Crippen molar-refractivity contribution in [2.45, 2.75) is 38.6 Å². The summed E-state index contributed by atoms with van der Waals surface area (Å²) in [6.07, 6.45) is 2.61. The van der Waals surface area contributed by atoms with E-state index in [1.807, 2.05) is 0 Å². The van der Waals surface area contributed by atoms with Crippen molar-refractivity contribution in [2.75, 3.05) is 0 Å². The van der Waals surface area contributed by atoms with Crippen molar-refractivity contribution < 1.29 is 9.59 Å². The topological polar surface area (TPSA) is 58.2 Å². The number of hydrogen-bond acceptors (Lipinski definition) is 2. The highest BCUT2D eigenvalue weighted by Gasteiger charge is 2.51. The van der Waals surface area contributed by atoms with E-state index in [4.69, 9.17) is 0 Å². The lowest BCUT2D eigenvalue weighted by atomic mass is 9.90. The molecule has 2 fully saturated rings. The minimum Gasteiger partial charge on any atom is -0.323 e. The van der Waals surface area contributed by atoms with Crippen LogP contribution in [0, 0.1) is 11.8 Å². The van der Waals surface area contributed by atoms with Crippen LogP contribution in [0.5, 0.6) is 0 Å². The van der Waals surface area contributed by atoms with Crippen molar-refractivity contribution in [1.82, 2.24) is 10.6 Å². The van der Waals surface area contributed by atoms with Gasteiger partial charge in [-0.1, -0.05) is 13.8 Å². The summed E-state index contributed by atoms with van der Waals surface area (Å²) >= 11 is 0. The zero-order chi connectivity index (χ0) is 10.3. The SMILES string of the molecule is CC(C)[C@H]1CC[C@]2(C1)NC(=O)NC2=O. The maximum Gasteiger partial charge on any atom is 0.322 e. The molecular formula is C10H16N2O2. The number of urea groups is 1. The van der Waals surface area contributed by atoms with Gasteiger partial charge in [-0.05, 0) is 31.1 Å². The Hall–Kier alpha value is -1.06. The first-order chi connectivity index (χ1) is 6.53. The Morgan fingerprint density at radius 3 is 2.57 bits per heavy atom. The quantitative estimate of drug-likeness (QED) is 0.615. The predicted octanol–water partition coefficient (Wildman–Crippen LogP) is 1.02. The van der Waals surface area contributed by atoms with Gasteiger partial charge in [0.15, 0.2) is 0 Å². The molecule has 3 amide bonds. The van der Waals surface area contributed by atoms with E-state index in [1.165, 1.54) is 0 Å². The molecule has 0 radical (unpaired) electrons. The number of carbonyl (C=O) groups is 2. The van der Waals surface area contributed by atoms with Gasteiger partial charge in [-0.15, -0.1) is 0 Å². The molecule has 0 aromatic rings. The van der Waals surface area contributed by atoms with E-state index in [2.05, 4.69) is 24.5 Å². The number of hydrogen-bond donors (Lipinski definition) is 2. The predicted molar refractivity (Wildman–Crippen MR) is 51.6 cm³/mol. The van der Waals surface area contributed by atoms with Crippen molar-refractivity contribution in [3.8, 4) is 0 Å². The van der Waals surface area contributed by atoms with Crippen molar-refractivity contribution in [3.63, 3.8) is 0 Å². The molecule has 2 atom stereocenters. The van der Waals surface area contributed by atoms with E-state index in [0.717, 1.165) is 19.3 Å². The number of imide groups is 1. The lowest BCUT2D eigenvalue weighted by molar-refractivity contribution is -0.123. The van der Waals surface area contributed by atoms with Gasteiger partial charge in [0.1, 0.15) is 5.54 Å². The third kappa shape index (κ3) is 1.29. The van der Waals surface area contributed by atoms with E-state index in [1.54, 1.807) is 0 Å². The molecule has 1 saturated carbocycles. The number of carbonyl (C=O) groups excluding carboxylic acids is 2. The average molecular weight is 196 g/mol. The minimum absolute atomic E-state index is 0.134. The first kappa shape index (κ1) is 9.49. The Labute approximate surface area is 83.4 Å². The Bertz CT molecular complexity index is 288. The standard InChI is InChI=1S/C10H16N2O2/c1-6(2)7-3-4-10(5-7)8(13)11-9(14)12-10/h6-7H,3-5H2,1-2H3,(H2,11,12,13,14)/t7-,10+/m0/s1. The molecule has 1 heterocycles. The molecule has 2 N–H and O–H groups in total. The van der Waals surface area contributed by atoms with E-state index < -0.39 is 5.54 Å². The van der Waals surface area contributed by atoms with Crippen LogP contribution in [-0.4, -0.2) is 17.5 Å². The summed E-state index contributed by atoms with van der Waals surface area (Å²) in [4.78, 5) is 22.6. The molecule has 1 spiro atoms. The molecule has 0 aromatic heterocycles. The average Bonchev–Trinajstić information content (AvgIpc) is 2.59. The Morgan fingerprint density at radius 1 is 1.43 bits per heavy atom. The second-order valence-corrected chi connectivity index (χ2v) is 4.74. The summed E-state index contributed by atoms with van der Waals surface area (Å²) in [5, 5.41) is 5.08. The van der Waals surface area contributed by atoms with Crippen LogP contribution >= 0.6 is 0 Å². The lowest BCUT2D eigenvalue weighted by Crippen LogP contribution is -2.44. The van der Waals surface area contributed by atoms with Crippen LogP contribution in [0.2, 0.25) is 0 Å². The van der Waals surface area contributed by atoms with Crippen molar-refractivity contribution in [3.05, 3.63) is 0 Å². The molecule has 0 bridgehead atoms. The molecule has 1 aliphatic carbocycles. The molecule has 78 valence electrons. The fourth-order valence-electron chi connectivity index (χ4n) is 2.50. The van der Waals surface area contributed by atoms with E-state index in [0.29, 0.717) is 11.8 Å². The third-order valence-corrected chi connectivity index (χ3v) is 3.51. The summed E-state index contributed by atoms with van der Waals surface area (Å²) in [6, 6.07) is -0.334. The number of nitrogens with one attached hydrogen (secondary N) is 2. The van der Waals surface area contributed by atoms with Crippen LogP contribution in [0.25, 0.3) is 0 Å². The largest absolute Gasteiger partial charge is 0.323 e. The Kier molecular flexibility index (Phi) is 2.01. The second kappa shape index (κ2) is 2.97. The molecule has 2 rings (SSSR count). The van der Waals surface area contributed by atoms with Gasteiger partial charge in [0, 0.05) is 0 Å². The molecule has 4 nitrogen and oxygen atoms in total. The van der Waals surface area contributed by atoms with Crippen LogP contribution < -0.4 is 10.6 Å². The zero-order valence-corrected chi connectivity index (χ0v) is 8.59. The minimum atomic E-state index is -0.577. The highest BCUT2D eigenvalue weighted by atomic mass is 16.2. The van der Waals surface area contributed by atoms with Crippen molar-refractivity contribution in [1.29, 1.82) is 0 Å². The maximum atomic E-state index is 11.6. The number of amides is 3. The molecule has 0 unspecified atom stereocenters. The van der Waals surface area contributed by atoms with Gasteiger partial charge in [-0.3, -0.25) is 10.1 Å². The maximum absolute atomic E-state index is 11.6. The highest BCUT2D eigenvalue weighted by Crippen LogP contribution is 2.39. The molecular weight excluding hydrogens is 180 g/mol. The fourth-order valence-corrected chi connectivity index (χ4v) is 2.50. The third-order valence-electron chi connectivity index (χ3n) is 3.51. The van der Waals surface area contributed by atoms with Gasteiger partial charge in [0.25, 0.3) is 5.91 Å². The molecule has 1 aliphatic heterocycles. The van der Waals surface area contributed by atoms with Gasteiger partial charge in [-0.2, -0.15) is 0 Å². The zero-order valence-electron chi connectivity index (χ0n) is 8.59. The fraction of sp³-hybridized carbons (Fsp3) is 0.800. The van der Waals surface area contributed by atoms with Crippen LogP contribution in [0.1, 0.15) is 33.1 Å². The summed E-state index contributed by atoms with van der Waals surface area (Å²) in [5.41, 5.74) is -0.577. The normalized spacial score (nSPS) is 36.6. The first-order valence-electron chi connectivity index (χ1n) is 5.17. The Morgan fingerprint density at radius 2 is 2.14 bits per heavy atom. The van der Waals surface area contributed by atoms with Gasteiger partial charge < -0.3 is 5.32 Å². The highest BCUT2D eigenvalue weighted by molar-refractivity contribution is 6.07. The van der Waals surface area contributed by atoms with Crippen LogP contribution in [0.4, 0.5) is 4.79 Å². The van der Waals surface area contributed by atoms with E-state index in [-0.39, 0.29) is 11.9 Å². The van der Waals surface area contributed by atoms with Gasteiger partial charge in [0.05, 0.1) is 0 Å². The lowest BCUT2D eigenvalue weighted by Gasteiger charge is -2.20. The van der Waals surface area contributed by atoms with Crippen molar-refractivity contribution >= 4 is 11.9 Å². The summed E-state index contributed by atoms with van der Waals surface area (Å²) in [5.74, 6) is 1.00. The van der Waals surface area contributed by atoms with E-state index >= 15 is 0 Å². The summed E-state index contributed by atoms with van der Waals surface area (Å²) in [7, 11) is 0. The molecule has 0 aromatic carbocycles. The monoisotopic (exact) mass is 196 g/mol. The molecule has 14 heavy (non-hydrogen) atoms. The van der Waals surface area contributed by atoms with Gasteiger partial charge in [-0.25, -0.2) is 4.79 Å². The van der Waals surface area contributed by atoms with Crippen molar-refractivity contribution in [2.24, 2.45) is 11.8 Å². The summed E-state index contributed by atoms with van der Waals surface area (Å²) < 4.78 is 0. The van der Waals surface area contributed by atoms with Crippen LogP contribution in [-0.2, 0) is 4.79 Å². The van der Waals surface area contributed by atoms with Gasteiger partial charge in [0.2, 0.25) is 0 Å². The molecule has 2 aliphatic rings. The first-order valence-corrected chi connectivity index (χ1v) is 5.17. The number of rotatable bonds is 1. The smallest absolute Gasteiger partial charge is 0.322 e. The Balaban J connectivity index is 2.13. The van der Waals surface area contributed by atoms with Crippen LogP contribution in [0.3, 0.4) is 0 Å². The summed E-state index contributed by atoms with van der Waals surface area (Å²) in [6.45, 7) is 4.33. The molecule has 1 saturated heterocycles. The van der Waals surface area contributed by atoms with E-state index in [9.17, 15) is 9.59 Å².